The Balaban J connectivity index is 1.95. The molecule has 0 aliphatic carbocycles. The third kappa shape index (κ3) is 3.97. The third-order valence-corrected chi connectivity index (χ3v) is 6.29. The van der Waals surface area contributed by atoms with Gasteiger partial charge in [-0.05, 0) is 60.3 Å². The highest BCUT2D eigenvalue weighted by atomic mass is 79.9. The number of carbonyl (C=O) groups excluding carboxylic acids is 1. The van der Waals surface area contributed by atoms with Gasteiger partial charge in [-0.1, -0.05) is 55.8 Å². The van der Waals surface area contributed by atoms with Crippen molar-refractivity contribution >= 4 is 27.5 Å². The van der Waals surface area contributed by atoms with E-state index in [4.69, 9.17) is 0 Å². The maximum absolute atomic E-state index is 12.9. The van der Waals surface area contributed by atoms with Crippen molar-refractivity contribution in [2.45, 2.75) is 52.5 Å². The standard InChI is InChI=1S/C23H29BrN2O/c1-6-15-8-9-16(12-20(15)24)22(27)25-21-11-10-19-18(17(21)7-2)13-26(5)14-23(19,3)4/h8-12H,6-7,13-14H2,1-5H3,(H,25,27). The molecule has 1 N–H and O–H groups in total. The third-order valence-electron chi connectivity index (χ3n) is 5.55. The van der Waals surface area contributed by atoms with Gasteiger partial charge in [-0.2, -0.15) is 0 Å². The van der Waals surface area contributed by atoms with Gasteiger partial charge in [0.25, 0.3) is 5.91 Å². The Kier molecular flexibility index (Phi) is 5.78. The molecule has 144 valence electrons. The molecule has 1 amide bonds. The molecule has 27 heavy (non-hydrogen) atoms. The zero-order valence-corrected chi connectivity index (χ0v) is 18.5. The first-order valence-corrected chi connectivity index (χ1v) is 10.5. The summed E-state index contributed by atoms with van der Waals surface area (Å²) in [6.45, 7) is 10.9. The lowest BCUT2D eigenvalue weighted by molar-refractivity contribution is 0.102. The van der Waals surface area contributed by atoms with Crippen LogP contribution in [0.25, 0.3) is 0 Å². The van der Waals surface area contributed by atoms with E-state index < -0.39 is 0 Å². The first-order valence-electron chi connectivity index (χ1n) is 9.70. The van der Waals surface area contributed by atoms with E-state index in [-0.39, 0.29) is 11.3 Å². The molecular weight excluding hydrogens is 400 g/mol. The second kappa shape index (κ2) is 7.76. The van der Waals surface area contributed by atoms with Gasteiger partial charge in [0.05, 0.1) is 0 Å². The molecule has 0 atom stereocenters. The molecular formula is C23H29BrN2O. The quantitative estimate of drug-likeness (QED) is 0.691. The molecule has 0 aromatic heterocycles. The zero-order chi connectivity index (χ0) is 19.8. The Bertz CT molecular complexity index is 873. The molecule has 1 aliphatic heterocycles. The van der Waals surface area contributed by atoms with Gasteiger partial charge in [0.2, 0.25) is 0 Å². The smallest absolute Gasteiger partial charge is 0.255 e. The minimum Gasteiger partial charge on any atom is -0.322 e. The lowest BCUT2D eigenvalue weighted by atomic mass is 9.76. The molecule has 0 bridgehead atoms. The molecule has 2 aromatic rings. The summed E-state index contributed by atoms with van der Waals surface area (Å²) in [4.78, 5) is 15.2. The minimum absolute atomic E-state index is 0.0589. The number of likely N-dealkylation sites (N-methyl/N-ethyl adjacent to an activating group) is 1. The van der Waals surface area contributed by atoms with E-state index in [2.05, 4.69) is 73.0 Å². The molecule has 0 unspecified atom stereocenters. The minimum atomic E-state index is -0.0589. The maximum atomic E-state index is 12.9. The first kappa shape index (κ1) is 20.1. The van der Waals surface area contributed by atoms with Gasteiger partial charge in [0.1, 0.15) is 0 Å². The Labute approximate surface area is 171 Å². The van der Waals surface area contributed by atoms with E-state index in [0.29, 0.717) is 5.56 Å². The van der Waals surface area contributed by atoms with Crippen molar-refractivity contribution in [1.82, 2.24) is 4.90 Å². The fourth-order valence-electron chi connectivity index (χ4n) is 4.28. The van der Waals surface area contributed by atoms with E-state index in [9.17, 15) is 4.79 Å². The van der Waals surface area contributed by atoms with Crippen LogP contribution in [-0.4, -0.2) is 24.4 Å². The highest BCUT2D eigenvalue weighted by Gasteiger charge is 2.32. The number of amides is 1. The number of benzene rings is 2. The summed E-state index contributed by atoms with van der Waals surface area (Å²) in [5.41, 5.74) is 6.97. The van der Waals surface area contributed by atoms with E-state index in [1.54, 1.807) is 0 Å². The highest BCUT2D eigenvalue weighted by Crippen LogP contribution is 2.37. The summed E-state index contributed by atoms with van der Waals surface area (Å²) in [5, 5.41) is 3.16. The van der Waals surface area contributed by atoms with Crippen molar-refractivity contribution < 1.29 is 4.79 Å². The summed E-state index contributed by atoms with van der Waals surface area (Å²) >= 11 is 3.57. The summed E-state index contributed by atoms with van der Waals surface area (Å²) in [5.74, 6) is -0.0589. The number of halogens is 1. The number of hydrogen-bond acceptors (Lipinski definition) is 2. The number of rotatable bonds is 4. The van der Waals surface area contributed by atoms with Crippen LogP contribution >= 0.6 is 15.9 Å². The molecule has 0 radical (unpaired) electrons. The monoisotopic (exact) mass is 428 g/mol. The van der Waals surface area contributed by atoms with E-state index in [1.807, 2.05) is 18.2 Å². The summed E-state index contributed by atoms with van der Waals surface area (Å²) < 4.78 is 0.988. The number of hydrogen-bond donors (Lipinski definition) is 1. The lowest BCUT2D eigenvalue weighted by Crippen LogP contribution is -2.40. The SMILES string of the molecule is CCc1ccc(C(=O)Nc2ccc3c(c2CC)CN(C)CC3(C)C)cc1Br. The number of nitrogens with zero attached hydrogens (tertiary/aromatic N) is 1. The van der Waals surface area contributed by atoms with Gasteiger partial charge in [-0.15, -0.1) is 0 Å². The van der Waals surface area contributed by atoms with Crippen molar-refractivity contribution in [2.24, 2.45) is 0 Å². The van der Waals surface area contributed by atoms with Crippen LogP contribution in [-0.2, 0) is 24.8 Å². The largest absolute Gasteiger partial charge is 0.322 e. The second-order valence-electron chi connectivity index (χ2n) is 8.14. The number of fused-ring (bicyclic) bond motifs is 1. The van der Waals surface area contributed by atoms with Crippen molar-refractivity contribution in [3.63, 3.8) is 0 Å². The van der Waals surface area contributed by atoms with Crippen LogP contribution in [0.1, 0.15) is 60.3 Å². The molecule has 0 saturated carbocycles. The fraction of sp³-hybridized carbons (Fsp3) is 0.435. The topological polar surface area (TPSA) is 32.3 Å². The maximum Gasteiger partial charge on any atom is 0.255 e. The van der Waals surface area contributed by atoms with Crippen molar-refractivity contribution in [1.29, 1.82) is 0 Å². The van der Waals surface area contributed by atoms with Crippen LogP contribution in [0, 0.1) is 0 Å². The summed E-state index contributed by atoms with van der Waals surface area (Å²) in [7, 11) is 2.17. The van der Waals surface area contributed by atoms with Gasteiger partial charge in [-0.3, -0.25) is 4.79 Å². The Morgan fingerprint density at radius 1 is 1.19 bits per heavy atom. The predicted molar refractivity (Wildman–Crippen MR) is 117 cm³/mol. The Morgan fingerprint density at radius 2 is 1.93 bits per heavy atom. The molecule has 0 fully saturated rings. The van der Waals surface area contributed by atoms with Gasteiger partial charge in [-0.25, -0.2) is 0 Å². The number of aryl methyl sites for hydroxylation is 1. The van der Waals surface area contributed by atoms with E-state index >= 15 is 0 Å². The molecule has 2 aromatic carbocycles. The fourth-order valence-corrected chi connectivity index (χ4v) is 4.94. The predicted octanol–water partition coefficient (Wildman–Crippen LogP) is 5.55. The average molecular weight is 429 g/mol. The van der Waals surface area contributed by atoms with Crippen molar-refractivity contribution in [3.05, 3.63) is 62.6 Å². The Hall–Kier alpha value is -1.65. The van der Waals surface area contributed by atoms with Crippen LogP contribution in [0.5, 0.6) is 0 Å². The van der Waals surface area contributed by atoms with Crippen LogP contribution < -0.4 is 5.32 Å². The Morgan fingerprint density at radius 3 is 2.56 bits per heavy atom. The average Bonchev–Trinajstić information content (AvgIpc) is 2.60. The van der Waals surface area contributed by atoms with Gasteiger partial charge < -0.3 is 10.2 Å². The summed E-state index contributed by atoms with van der Waals surface area (Å²) in [6.07, 6.45) is 1.85. The first-order chi connectivity index (χ1) is 12.8. The molecule has 3 nitrogen and oxygen atoms in total. The normalized spacial score (nSPS) is 16.1. The molecule has 3 rings (SSSR count). The lowest BCUT2D eigenvalue weighted by Gasteiger charge is -2.39. The second-order valence-corrected chi connectivity index (χ2v) is 9.00. The molecule has 1 aliphatic rings. The van der Waals surface area contributed by atoms with Gasteiger partial charge in [0, 0.05) is 34.2 Å². The van der Waals surface area contributed by atoms with Crippen LogP contribution in [0.4, 0.5) is 5.69 Å². The molecule has 4 heteroatoms. The summed E-state index contributed by atoms with van der Waals surface area (Å²) in [6, 6.07) is 10.1. The van der Waals surface area contributed by atoms with Crippen molar-refractivity contribution in [3.8, 4) is 0 Å². The van der Waals surface area contributed by atoms with E-state index in [0.717, 1.165) is 36.1 Å². The molecule has 0 spiro atoms. The molecule has 1 heterocycles. The highest BCUT2D eigenvalue weighted by molar-refractivity contribution is 9.10. The van der Waals surface area contributed by atoms with Crippen LogP contribution in [0.15, 0.2) is 34.8 Å². The number of nitrogens with one attached hydrogen (secondary N) is 1. The zero-order valence-electron chi connectivity index (χ0n) is 16.9. The van der Waals surface area contributed by atoms with Gasteiger partial charge in [0.15, 0.2) is 0 Å². The number of anilines is 1. The van der Waals surface area contributed by atoms with E-state index in [1.165, 1.54) is 22.3 Å². The molecule has 0 saturated heterocycles. The van der Waals surface area contributed by atoms with Crippen LogP contribution in [0.3, 0.4) is 0 Å². The number of carbonyl (C=O) groups is 1. The van der Waals surface area contributed by atoms with Crippen LogP contribution in [0.2, 0.25) is 0 Å². The van der Waals surface area contributed by atoms with Crippen molar-refractivity contribution in [2.75, 3.05) is 18.9 Å². The van der Waals surface area contributed by atoms with Gasteiger partial charge >= 0.3 is 0 Å².